The molecule has 0 aliphatic heterocycles. The van der Waals surface area contributed by atoms with Gasteiger partial charge in [0.05, 0.1) is 0 Å². The molecule has 0 radical (unpaired) electrons. The standard InChI is InChI=1S/CH3O2PS.CH2OS/c2-1(5)4-3;2-1-3/h4H2,(H,2,5);1H,(H,2,3). The highest BCUT2D eigenvalue weighted by Gasteiger charge is 1.71. The van der Waals surface area contributed by atoms with Crippen LogP contribution < -0.4 is 0 Å². The van der Waals surface area contributed by atoms with E-state index < -0.39 is 8.46 Å². The first-order valence-corrected chi connectivity index (χ1v) is 3.37. The van der Waals surface area contributed by atoms with Gasteiger partial charge in [0, 0.05) is 0 Å². The molecule has 3 nitrogen and oxygen atoms in total. The fourth-order valence-electron chi connectivity index (χ4n) is 0. The number of hydrogen-bond donors (Lipinski definition) is 2. The Morgan fingerprint density at radius 3 is 1.88 bits per heavy atom. The Labute approximate surface area is 58.5 Å². The monoisotopic (exact) mass is 172 g/mol. The summed E-state index contributed by atoms with van der Waals surface area (Å²) >= 11 is 7.80. The summed E-state index contributed by atoms with van der Waals surface area (Å²) in [6, 6.07) is 0. The van der Waals surface area contributed by atoms with Gasteiger partial charge >= 0.3 is 0 Å². The highest BCUT2D eigenvalue weighted by Crippen LogP contribution is 1.88. The van der Waals surface area contributed by atoms with Crippen LogP contribution in [0.3, 0.4) is 0 Å². The molecule has 0 heterocycles. The summed E-state index contributed by atoms with van der Waals surface area (Å²) in [6.45, 7) is 0. The smallest absolute Gasteiger partial charge is 0.211 e. The van der Waals surface area contributed by atoms with E-state index in [0.717, 1.165) is 0 Å². The maximum absolute atomic E-state index is 9.32. The fourth-order valence-corrected chi connectivity index (χ4v) is 0. The zero-order valence-electron chi connectivity index (χ0n) is 3.77. The van der Waals surface area contributed by atoms with Gasteiger partial charge in [-0.3, -0.25) is 0 Å². The lowest BCUT2D eigenvalue weighted by Gasteiger charge is -1.66. The van der Waals surface area contributed by atoms with Crippen molar-refractivity contribution in [3.8, 4) is 0 Å². The van der Waals surface area contributed by atoms with Crippen molar-refractivity contribution in [2.24, 2.45) is 0 Å². The van der Waals surface area contributed by atoms with Crippen LogP contribution in [0.5, 0.6) is 0 Å². The third kappa shape index (κ3) is 37.3. The van der Waals surface area contributed by atoms with Gasteiger partial charge in [0.25, 0.3) is 0 Å². The second-order valence-electron chi connectivity index (χ2n) is 0.561. The van der Waals surface area contributed by atoms with E-state index in [1.54, 1.807) is 0 Å². The first-order valence-electron chi connectivity index (χ1n) is 1.45. The Hall–Kier alpha value is 0.01000. The lowest BCUT2D eigenvalue weighted by atomic mass is 11.7. The van der Waals surface area contributed by atoms with E-state index in [1.807, 2.05) is 0 Å². The summed E-state index contributed by atoms with van der Waals surface area (Å²) < 4.78 is 9.32. The van der Waals surface area contributed by atoms with E-state index in [-0.39, 0.29) is 4.79 Å². The summed E-state index contributed by atoms with van der Waals surface area (Å²) in [5.41, 5.74) is 0.583. The minimum Gasteiger partial charge on any atom is -0.504 e. The Morgan fingerprint density at radius 2 is 1.88 bits per heavy atom. The van der Waals surface area contributed by atoms with E-state index in [0.29, 0.717) is 5.55 Å². The van der Waals surface area contributed by atoms with Gasteiger partial charge < -0.3 is 14.8 Å². The fraction of sp³-hybridized carbons (Fsp3) is 0. The van der Waals surface area contributed by atoms with Crippen LogP contribution in [0.1, 0.15) is 0 Å². The van der Waals surface area contributed by atoms with Crippen molar-refractivity contribution in [3.63, 3.8) is 0 Å². The zero-order valence-corrected chi connectivity index (χ0v) is 6.56. The van der Waals surface area contributed by atoms with Crippen molar-refractivity contribution >= 4 is 43.2 Å². The Morgan fingerprint density at radius 1 is 1.75 bits per heavy atom. The van der Waals surface area contributed by atoms with Crippen LogP contribution in [-0.2, 0) is 4.57 Å². The summed E-state index contributed by atoms with van der Waals surface area (Å²) in [5.74, 6) is 0. The molecule has 0 saturated heterocycles. The van der Waals surface area contributed by atoms with Crippen molar-refractivity contribution in [1.82, 2.24) is 0 Å². The third-order valence-corrected chi connectivity index (χ3v) is 0.591. The Bertz CT molecular complexity index is 93.3. The van der Waals surface area contributed by atoms with E-state index in [2.05, 4.69) is 24.4 Å². The number of aliphatic hydroxyl groups is 2. The molecule has 0 fully saturated rings. The van der Waals surface area contributed by atoms with Crippen molar-refractivity contribution in [2.45, 2.75) is 0 Å². The molecule has 6 heteroatoms. The van der Waals surface area contributed by atoms with E-state index >= 15 is 0 Å². The molecule has 0 rings (SSSR count). The van der Waals surface area contributed by atoms with Gasteiger partial charge in [-0.05, 0) is 24.4 Å². The van der Waals surface area contributed by atoms with E-state index in [1.165, 1.54) is 0 Å². The van der Waals surface area contributed by atoms with Gasteiger partial charge in [-0.15, -0.1) is 0 Å². The summed E-state index contributed by atoms with van der Waals surface area (Å²) in [7, 11) is -1.23. The van der Waals surface area contributed by atoms with Gasteiger partial charge in [0.15, 0.2) is 0 Å². The second kappa shape index (κ2) is 10.1. The number of hydrogen-bond acceptors (Lipinski definition) is 3. The molecule has 0 amide bonds. The topological polar surface area (TPSA) is 57.5 Å². The molecule has 1 unspecified atom stereocenters. The molecule has 2 N–H and O–H groups in total. The third-order valence-electron chi connectivity index (χ3n) is 0.101. The maximum atomic E-state index is 9.32. The van der Waals surface area contributed by atoms with Gasteiger partial charge in [-0.1, -0.05) is 0 Å². The molecule has 0 bridgehead atoms. The number of thiocarbonyl (C=S) groups is 2. The second-order valence-corrected chi connectivity index (χ2v) is 2.39. The normalized spacial score (nSPS) is 7.50. The molecule has 0 aromatic carbocycles. The minimum atomic E-state index is -1.23. The molecular formula is C2H5O3PS2. The van der Waals surface area contributed by atoms with Crippen LogP contribution in [0.15, 0.2) is 0 Å². The highest BCUT2D eigenvalue weighted by molar-refractivity contribution is 7.90. The largest absolute Gasteiger partial charge is 0.504 e. The quantitative estimate of drug-likeness (QED) is 0.458. The molecular weight excluding hydrogens is 167 g/mol. The number of rotatable bonds is 1. The van der Waals surface area contributed by atoms with Gasteiger partial charge in [-0.25, -0.2) is 0 Å². The molecule has 0 saturated carbocycles. The number of aliphatic hydroxyl groups excluding tert-OH is 2. The van der Waals surface area contributed by atoms with Crippen molar-refractivity contribution in [1.29, 1.82) is 0 Å². The van der Waals surface area contributed by atoms with Gasteiger partial charge in [0.2, 0.25) is 4.79 Å². The van der Waals surface area contributed by atoms with Crippen LogP contribution in [0.25, 0.3) is 0 Å². The average Bonchev–Trinajstić information content (AvgIpc) is 1.69. The van der Waals surface area contributed by atoms with Crippen LogP contribution in [0, 0.1) is 0 Å². The molecule has 0 aliphatic rings. The highest BCUT2D eigenvalue weighted by atomic mass is 32.1. The van der Waals surface area contributed by atoms with E-state index in [4.69, 9.17) is 10.2 Å². The van der Waals surface area contributed by atoms with Crippen molar-refractivity contribution in [2.75, 3.05) is 0 Å². The predicted molar refractivity (Wildman–Crippen MR) is 41.9 cm³/mol. The van der Waals surface area contributed by atoms with Crippen LogP contribution in [-0.4, -0.2) is 20.6 Å². The molecule has 48 valence electrons. The van der Waals surface area contributed by atoms with Crippen molar-refractivity contribution in [3.05, 3.63) is 0 Å². The Kier molecular flexibility index (Phi) is 13.7. The maximum Gasteiger partial charge on any atom is 0.211 e. The molecule has 1 atom stereocenters. The molecule has 0 aromatic heterocycles. The zero-order chi connectivity index (χ0) is 6.99. The lowest BCUT2D eigenvalue weighted by molar-refractivity contribution is 0.567. The summed E-state index contributed by atoms with van der Waals surface area (Å²) in [5, 5.41) is 15.1. The van der Waals surface area contributed by atoms with Gasteiger partial charge in [0.1, 0.15) is 14.0 Å². The first kappa shape index (κ1) is 10.9. The predicted octanol–water partition coefficient (Wildman–Crippen LogP) is 1.09. The summed E-state index contributed by atoms with van der Waals surface area (Å²) in [4.78, 5) is -0.384. The van der Waals surface area contributed by atoms with Crippen molar-refractivity contribution < 1.29 is 14.8 Å². The van der Waals surface area contributed by atoms with Crippen LogP contribution in [0.2, 0.25) is 0 Å². The molecule has 8 heavy (non-hydrogen) atoms. The molecule has 0 aliphatic carbocycles. The van der Waals surface area contributed by atoms with Gasteiger partial charge in [-0.2, -0.15) is 0 Å². The summed E-state index contributed by atoms with van der Waals surface area (Å²) in [6.07, 6.45) is 0. The molecule has 0 aromatic rings. The Balaban J connectivity index is 0. The minimum absolute atomic E-state index is 0.384. The molecule has 0 spiro atoms. The first-order chi connectivity index (χ1) is 3.68. The van der Waals surface area contributed by atoms with Crippen LogP contribution >= 0.6 is 32.9 Å². The van der Waals surface area contributed by atoms with Crippen LogP contribution in [0.4, 0.5) is 0 Å². The lowest BCUT2D eigenvalue weighted by Crippen LogP contribution is -1.67. The average molecular weight is 172 g/mol. The SMILES string of the molecule is O=[PH2]C(O)=S.OC=S. The van der Waals surface area contributed by atoms with E-state index in [9.17, 15) is 4.57 Å².